The highest BCUT2D eigenvalue weighted by atomic mass is 31.2. The summed E-state index contributed by atoms with van der Waals surface area (Å²) in [5.74, 6) is 0. The standard InChI is InChI=1S/C7H16O4.H4O5P2/c1-6(11-2)7(3-8,4-9)5-10;1-6(2)5-7(3)4/h6,8-10H,3-5H2,1-2H3;6-7H,(H,1,2)(H,3,4). The van der Waals surface area contributed by atoms with Gasteiger partial charge < -0.3 is 29.8 Å². The minimum atomic E-state index is -3.20. The monoisotopic (exact) mass is 310 g/mol. The Morgan fingerprint density at radius 2 is 1.39 bits per heavy atom. The SMILES string of the molecule is COC(C)C(CO)(CO)CO.O=[PH](O)O[PH](=O)O. The van der Waals surface area contributed by atoms with Gasteiger partial charge in [0.2, 0.25) is 0 Å². The predicted molar refractivity (Wildman–Crippen MR) is 63.7 cm³/mol. The molecule has 0 aromatic rings. The zero-order chi connectivity index (χ0) is 14.8. The van der Waals surface area contributed by atoms with Crippen LogP contribution < -0.4 is 0 Å². The molecule has 0 aliphatic heterocycles. The van der Waals surface area contributed by atoms with Crippen LogP contribution in [0.1, 0.15) is 6.92 Å². The first kappa shape index (κ1) is 20.5. The van der Waals surface area contributed by atoms with E-state index in [1.54, 1.807) is 6.92 Å². The third-order valence-corrected chi connectivity index (χ3v) is 3.73. The molecule has 0 heterocycles. The Morgan fingerprint density at radius 1 is 1.06 bits per heavy atom. The zero-order valence-electron chi connectivity index (χ0n) is 10.1. The first-order valence-electron chi connectivity index (χ1n) is 4.78. The van der Waals surface area contributed by atoms with Gasteiger partial charge in [0.15, 0.2) is 0 Å². The van der Waals surface area contributed by atoms with Gasteiger partial charge in [-0.25, -0.2) is 4.31 Å². The number of methoxy groups -OCH3 is 1. The summed E-state index contributed by atoms with van der Waals surface area (Å²) in [4.78, 5) is 15.4. The molecule has 0 aromatic heterocycles. The molecule has 5 N–H and O–H groups in total. The minimum Gasteiger partial charge on any atom is -0.396 e. The molecule has 9 nitrogen and oxygen atoms in total. The second-order valence-electron chi connectivity index (χ2n) is 3.35. The normalized spacial score (nSPS) is 16.4. The van der Waals surface area contributed by atoms with Gasteiger partial charge in [-0.15, -0.1) is 0 Å². The van der Waals surface area contributed by atoms with E-state index in [0.29, 0.717) is 0 Å². The summed E-state index contributed by atoms with van der Waals surface area (Å²) in [6.07, 6.45) is -0.359. The van der Waals surface area contributed by atoms with Crippen molar-refractivity contribution in [2.24, 2.45) is 5.41 Å². The van der Waals surface area contributed by atoms with Crippen molar-refractivity contribution in [3.63, 3.8) is 0 Å². The summed E-state index contributed by atoms with van der Waals surface area (Å²) in [6, 6.07) is 0. The van der Waals surface area contributed by atoms with Gasteiger partial charge in [0, 0.05) is 7.11 Å². The fourth-order valence-electron chi connectivity index (χ4n) is 0.860. The van der Waals surface area contributed by atoms with Gasteiger partial charge in [0.25, 0.3) is 0 Å². The highest BCUT2D eigenvalue weighted by Gasteiger charge is 2.34. The fourth-order valence-corrected chi connectivity index (χ4v) is 1.46. The number of aliphatic hydroxyl groups is 3. The topological polar surface area (TPSA) is 154 Å². The molecule has 11 heteroatoms. The largest absolute Gasteiger partial charge is 0.396 e. The van der Waals surface area contributed by atoms with Gasteiger partial charge in [-0.05, 0) is 6.92 Å². The van der Waals surface area contributed by atoms with Crippen LogP contribution in [0, 0.1) is 5.41 Å². The average molecular weight is 310 g/mol. The second-order valence-corrected chi connectivity index (χ2v) is 5.23. The van der Waals surface area contributed by atoms with Gasteiger partial charge in [0.1, 0.15) is 0 Å². The average Bonchev–Trinajstić information content (AvgIpc) is 2.30. The van der Waals surface area contributed by atoms with Gasteiger partial charge in [-0.1, -0.05) is 0 Å². The predicted octanol–water partition coefficient (Wildman–Crippen LogP) is -1.25. The van der Waals surface area contributed by atoms with Crippen molar-refractivity contribution in [1.82, 2.24) is 0 Å². The van der Waals surface area contributed by atoms with Gasteiger partial charge in [0.05, 0.1) is 31.3 Å². The molecule has 0 rings (SSSR count). The molecule has 0 aliphatic carbocycles. The van der Waals surface area contributed by atoms with Crippen molar-refractivity contribution >= 4 is 16.5 Å². The van der Waals surface area contributed by atoms with E-state index in [0.717, 1.165) is 0 Å². The summed E-state index contributed by atoms with van der Waals surface area (Å²) < 4.78 is 27.2. The van der Waals surface area contributed by atoms with Gasteiger partial charge in [-0.3, -0.25) is 9.13 Å². The van der Waals surface area contributed by atoms with E-state index in [2.05, 4.69) is 4.31 Å². The molecule has 0 saturated heterocycles. The molecule has 18 heavy (non-hydrogen) atoms. The Morgan fingerprint density at radius 3 is 1.44 bits per heavy atom. The first-order chi connectivity index (χ1) is 8.29. The number of hydrogen-bond acceptors (Lipinski definition) is 7. The van der Waals surface area contributed by atoms with E-state index < -0.39 is 21.9 Å². The molecule has 0 aromatic carbocycles. The van der Waals surface area contributed by atoms with Crippen molar-refractivity contribution in [2.45, 2.75) is 13.0 Å². The van der Waals surface area contributed by atoms with Crippen LogP contribution in [0.5, 0.6) is 0 Å². The lowest BCUT2D eigenvalue weighted by atomic mass is 9.85. The van der Waals surface area contributed by atoms with Crippen LogP contribution >= 0.6 is 16.5 Å². The summed E-state index contributed by atoms with van der Waals surface area (Å²) >= 11 is 0. The minimum absolute atomic E-state index is 0.283. The van der Waals surface area contributed by atoms with E-state index in [-0.39, 0.29) is 25.9 Å². The Balaban J connectivity index is 0. The highest BCUT2D eigenvalue weighted by molar-refractivity contribution is 7.46. The van der Waals surface area contributed by atoms with Crippen molar-refractivity contribution in [3.05, 3.63) is 0 Å². The molecule has 0 saturated carbocycles. The van der Waals surface area contributed by atoms with E-state index in [1.807, 2.05) is 0 Å². The number of ether oxygens (including phenoxy) is 1. The van der Waals surface area contributed by atoms with E-state index in [4.69, 9.17) is 29.8 Å². The molecule has 0 spiro atoms. The van der Waals surface area contributed by atoms with Crippen LogP contribution in [0.25, 0.3) is 0 Å². The first-order valence-corrected chi connectivity index (χ1v) is 7.31. The number of hydrogen-bond donors (Lipinski definition) is 5. The Kier molecular flexibility index (Phi) is 12.6. The lowest BCUT2D eigenvalue weighted by molar-refractivity contribution is -0.0910. The molecule has 0 radical (unpaired) electrons. The summed E-state index contributed by atoms with van der Waals surface area (Å²) in [5.41, 5.74) is -0.922. The summed E-state index contributed by atoms with van der Waals surface area (Å²) in [7, 11) is -4.93. The van der Waals surface area contributed by atoms with E-state index in [9.17, 15) is 9.13 Å². The second kappa shape index (κ2) is 11.0. The molecule has 0 aliphatic rings. The number of aliphatic hydroxyl groups excluding tert-OH is 3. The lowest BCUT2D eigenvalue weighted by Crippen LogP contribution is -2.44. The smallest absolute Gasteiger partial charge is 0.323 e. The van der Waals surface area contributed by atoms with Gasteiger partial charge >= 0.3 is 16.5 Å². The third-order valence-electron chi connectivity index (χ3n) is 2.34. The van der Waals surface area contributed by atoms with E-state index >= 15 is 0 Å². The van der Waals surface area contributed by atoms with Gasteiger partial charge in [-0.2, -0.15) is 0 Å². The summed E-state index contributed by atoms with van der Waals surface area (Å²) in [5, 5.41) is 26.6. The molecular weight excluding hydrogens is 290 g/mol. The van der Waals surface area contributed by atoms with Crippen LogP contribution in [-0.2, 0) is 18.2 Å². The molecular formula is C7H20O9P2. The van der Waals surface area contributed by atoms with E-state index in [1.165, 1.54) is 7.11 Å². The van der Waals surface area contributed by atoms with Crippen molar-refractivity contribution in [1.29, 1.82) is 0 Å². The fraction of sp³-hybridized carbons (Fsp3) is 1.00. The van der Waals surface area contributed by atoms with Crippen molar-refractivity contribution in [3.8, 4) is 0 Å². The van der Waals surface area contributed by atoms with Crippen LogP contribution in [0.3, 0.4) is 0 Å². The maximum absolute atomic E-state index is 9.44. The third kappa shape index (κ3) is 8.31. The van der Waals surface area contributed by atoms with Crippen LogP contribution in [0.2, 0.25) is 0 Å². The zero-order valence-corrected chi connectivity index (χ0v) is 12.1. The molecule has 0 fully saturated rings. The molecule has 3 unspecified atom stereocenters. The molecule has 0 amide bonds. The molecule has 0 bridgehead atoms. The Hall–Kier alpha value is 0.180. The van der Waals surface area contributed by atoms with Crippen LogP contribution in [-0.4, -0.2) is 58.1 Å². The van der Waals surface area contributed by atoms with Crippen LogP contribution in [0.15, 0.2) is 0 Å². The Bertz CT molecular complexity index is 235. The highest BCUT2D eigenvalue weighted by Crippen LogP contribution is 2.30. The maximum Gasteiger partial charge on any atom is 0.323 e. The van der Waals surface area contributed by atoms with Crippen molar-refractivity contribution < 1.29 is 43.3 Å². The van der Waals surface area contributed by atoms with Crippen molar-refractivity contribution in [2.75, 3.05) is 26.9 Å². The summed E-state index contributed by atoms with van der Waals surface area (Å²) in [6.45, 7) is 0.849. The molecule has 3 atom stereocenters. The number of rotatable bonds is 7. The maximum atomic E-state index is 9.44. The van der Waals surface area contributed by atoms with Crippen LogP contribution in [0.4, 0.5) is 0 Å². The Labute approximate surface area is 106 Å². The lowest BCUT2D eigenvalue weighted by Gasteiger charge is -2.32. The molecule has 112 valence electrons. The quantitative estimate of drug-likeness (QED) is 0.363.